The van der Waals surface area contributed by atoms with E-state index in [1.165, 1.54) is 13.0 Å². The van der Waals surface area contributed by atoms with Crippen molar-refractivity contribution in [3.63, 3.8) is 0 Å². The number of hydrogen-bond acceptors (Lipinski definition) is 4. The minimum Gasteiger partial charge on any atom is -0.458 e. The fourth-order valence-electron chi connectivity index (χ4n) is 3.68. The summed E-state index contributed by atoms with van der Waals surface area (Å²) in [5.41, 5.74) is 0. The number of benzene rings is 2. The van der Waals surface area contributed by atoms with Gasteiger partial charge in [0.05, 0.1) is 0 Å². The summed E-state index contributed by atoms with van der Waals surface area (Å²) in [4.78, 5) is 23.4. The van der Waals surface area contributed by atoms with Crippen LogP contribution in [-0.4, -0.2) is 32.8 Å². The second-order valence-corrected chi connectivity index (χ2v) is 12.3. The molecule has 0 unspecified atom stereocenters. The van der Waals surface area contributed by atoms with E-state index in [-0.39, 0.29) is 11.5 Å². The van der Waals surface area contributed by atoms with Crippen LogP contribution in [-0.2, 0) is 18.8 Å². The van der Waals surface area contributed by atoms with Gasteiger partial charge in [-0.2, -0.15) is 0 Å². The van der Waals surface area contributed by atoms with Gasteiger partial charge in [0.25, 0.3) is 8.32 Å². The molecule has 4 nitrogen and oxygen atoms in total. The third-order valence-electron chi connectivity index (χ3n) is 4.94. The van der Waals surface area contributed by atoms with E-state index in [0.717, 1.165) is 16.7 Å². The summed E-state index contributed by atoms with van der Waals surface area (Å²) in [6.07, 6.45) is 1.26. The molecule has 0 heterocycles. The molecule has 2 atom stereocenters. The van der Waals surface area contributed by atoms with E-state index < -0.39 is 26.5 Å². The van der Waals surface area contributed by atoms with E-state index >= 15 is 0 Å². The van der Waals surface area contributed by atoms with Crippen LogP contribution in [0.15, 0.2) is 73.3 Å². The Balaban J connectivity index is 2.56. The van der Waals surface area contributed by atoms with E-state index in [0.29, 0.717) is 0 Å². The van der Waals surface area contributed by atoms with Crippen molar-refractivity contribution in [2.24, 2.45) is 0 Å². The van der Waals surface area contributed by atoms with Gasteiger partial charge < -0.3 is 14.0 Å². The maximum Gasteiger partial charge on any atom is 0.303 e. The highest BCUT2D eigenvalue weighted by Crippen LogP contribution is 2.37. The van der Waals surface area contributed by atoms with E-state index in [9.17, 15) is 9.59 Å². The highest BCUT2D eigenvalue weighted by Gasteiger charge is 2.51. The molecule has 0 bridgehead atoms. The Bertz CT molecular complexity index is 772. The molecule has 0 saturated heterocycles. The number of carbonyl (C=O) groups excluding carboxylic acids is 2. The van der Waals surface area contributed by atoms with E-state index in [2.05, 4.69) is 51.6 Å². The smallest absolute Gasteiger partial charge is 0.303 e. The highest BCUT2D eigenvalue weighted by molar-refractivity contribution is 6.99. The summed E-state index contributed by atoms with van der Waals surface area (Å²) in [6.45, 7) is 11.5. The largest absolute Gasteiger partial charge is 0.458 e. The van der Waals surface area contributed by atoms with Crippen molar-refractivity contribution in [2.75, 3.05) is 0 Å². The zero-order valence-corrected chi connectivity index (χ0v) is 18.6. The topological polar surface area (TPSA) is 52.6 Å². The number of esters is 1. The SMILES string of the molecule is C=C[C@H](C[C@H](C=O)O[Si](c1ccccc1)(c1ccccc1)C(C)(C)C)OC(C)=O. The second kappa shape index (κ2) is 9.81. The average Bonchev–Trinajstić information content (AvgIpc) is 2.70. The van der Waals surface area contributed by atoms with E-state index in [4.69, 9.17) is 9.16 Å². The molecule has 2 aromatic carbocycles. The molecule has 0 aliphatic carbocycles. The molecule has 0 aliphatic heterocycles. The summed E-state index contributed by atoms with van der Waals surface area (Å²) in [6, 6.07) is 20.2. The Morgan fingerprint density at radius 1 is 1.00 bits per heavy atom. The lowest BCUT2D eigenvalue weighted by molar-refractivity contribution is -0.145. The van der Waals surface area contributed by atoms with Crippen molar-refractivity contribution >= 4 is 30.9 Å². The Hall–Kier alpha value is -2.50. The maximum absolute atomic E-state index is 12.0. The van der Waals surface area contributed by atoms with Gasteiger partial charge in [0.2, 0.25) is 0 Å². The zero-order valence-electron chi connectivity index (χ0n) is 17.6. The van der Waals surface area contributed by atoms with Gasteiger partial charge in [-0.1, -0.05) is 94.1 Å². The van der Waals surface area contributed by atoms with Crippen LogP contribution >= 0.6 is 0 Å². The van der Waals surface area contributed by atoms with Crippen molar-refractivity contribution in [1.29, 1.82) is 0 Å². The minimum atomic E-state index is -2.86. The number of rotatable bonds is 9. The van der Waals surface area contributed by atoms with Crippen molar-refractivity contribution in [1.82, 2.24) is 0 Å². The normalized spacial score (nSPS) is 13.9. The van der Waals surface area contributed by atoms with Gasteiger partial charge in [-0.25, -0.2) is 0 Å². The average molecular weight is 411 g/mol. The predicted molar refractivity (Wildman–Crippen MR) is 119 cm³/mol. The van der Waals surface area contributed by atoms with E-state index in [1.54, 1.807) is 0 Å². The van der Waals surface area contributed by atoms with Gasteiger partial charge in [0, 0.05) is 13.3 Å². The first-order valence-corrected chi connectivity index (χ1v) is 11.7. The lowest BCUT2D eigenvalue weighted by Crippen LogP contribution is -2.68. The van der Waals surface area contributed by atoms with Crippen LogP contribution in [0.1, 0.15) is 34.1 Å². The third-order valence-corrected chi connectivity index (χ3v) is 10.0. The highest BCUT2D eigenvalue weighted by atomic mass is 28.4. The zero-order chi connectivity index (χ0) is 21.5. The Morgan fingerprint density at radius 3 is 1.83 bits per heavy atom. The molecule has 0 saturated carbocycles. The standard InChI is InChI=1S/C24H30O4Si/c1-6-20(27-19(2)26)17-21(18-25)28-29(24(3,4)5,22-13-9-7-10-14-22)23-15-11-8-12-16-23/h6-16,18,20-21H,1,17H2,2-5H3/t20-,21-/m1/s1. The summed E-state index contributed by atoms with van der Waals surface area (Å²) < 4.78 is 12.0. The molecule has 0 radical (unpaired) electrons. The Kier molecular flexibility index (Phi) is 7.71. The molecule has 0 aliphatic rings. The first-order chi connectivity index (χ1) is 13.7. The summed E-state index contributed by atoms with van der Waals surface area (Å²) in [5, 5.41) is 1.93. The fraction of sp³-hybridized carbons (Fsp3) is 0.333. The molecule has 29 heavy (non-hydrogen) atoms. The number of carbonyl (C=O) groups is 2. The van der Waals surface area contributed by atoms with Gasteiger partial charge in [0.15, 0.2) is 0 Å². The molecule has 154 valence electrons. The first-order valence-electron chi connectivity index (χ1n) is 9.78. The number of hydrogen-bond donors (Lipinski definition) is 0. The first kappa shape index (κ1) is 22.8. The van der Waals surface area contributed by atoms with Gasteiger partial charge >= 0.3 is 5.97 Å². The van der Waals surface area contributed by atoms with Gasteiger partial charge in [-0.05, 0) is 15.4 Å². The van der Waals surface area contributed by atoms with Crippen LogP contribution < -0.4 is 10.4 Å². The van der Waals surface area contributed by atoms with Crippen LogP contribution in [0.25, 0.3) is 0 Å². The summed E-state index contributed by atoms with van der Waals surface area (Å²) in [5.74, 6) is -0.412. The van der Waals surface area contributed by atoms with Gasteiger partial charge in [-0.15, -0.1) is 0 Å². The van der Waals surface area contributed by atoms with Gasteiger partial charge in [-0.3, -0.25) is 4.79 Å². The monoisotopic (exact) mass is 410 g/mol. The predicted octanol–water partition coefficient (Wildman–Crippen LogP) is 3.64. The number of aldehydes is 1. The van der Waals surface area contributed by atoms with Crippen LogP contribution in [0.3, 0.4) is 0 Å². The van der Waals surface area contributed by atoms with Gasteiger partial charge in [0.1, 0.15) is 18.5 Å². The lowest BCUT2D eigenvalue weighted by Gasteiger charge is -2.44. The number of ether oxygens (including phenoxy) is 1. The van der Waals surface area contributed by atoms with Crippen LogP contribution in [0.2, 0.25) is 5.04 Å². The molecule has 0 N–H and O–H groups in total. The molecule has 0 aromatic heterocycles. The molecule has 2 aromatic rings. The van der Waals surface area contributed by atoms with Crippen LogP contribution in [0.4, 0.5) is 0 Å². The molecular formula is C24H30O4Si. The fourth-order valence-corrected chi connectivity index (χ4v) is 8.31. The molecule has 0 spiro atoms. The Labute approximate surface area is 174 Å². The maximum atomic E-state index is 12.0. The minimum absolute atomic E-state index is 0.233. The quantitative estimate of drug-likeness (QED) is 0.274. The van der Waals surface area contributed by atoms with Crippen molar-refractivity contribution in [3.8, 4) is 0 Å². The van der Waals surface area contributed by atoms with Crippen molar-refractivity contribution in [2.45, 2.75) is 51.4 Å². The molecule has 0 fully saturated rings. The van der Waals surface area contributed by atoms with Crippen LogP contribution in [0.5, 0.6) is 0 Å². The lowest BCUT2D eigenvalue weighted by atomic mass is 10.2. The second-order valence-electron chi connectivity index (χ2n) is 8.07. The summed E-state index contributed by atoms with van der Waals surface area (Å²) >= 11 is 0. The molecular weight excluding hydrogens is 380 g/mol. The third kappa shape index (κ3) is 5.31. The Morgan fingerprint density at radius 2 is 1.48 bits per heavy atom. The van der Waals surface area contributed by atoms with Crippen LogP contribution in [0, 0.1) is 0 Å². The summed E-state index contributed by atoms with van der Waals surface area (Å²) in [7, 11) is -2.86. The van der Waals surface area contributed by atoms with E-state index in [1.807, 2.05) is 36.4 Å². The molecule has 0 amide bonds. The van der Waals surface area contributed by atoms with Crippen molar-refractivity contribution in [3.05, 3.63) is 73.3 Å². The molecule has 2 rings (SSSR count). The molecule has 5 heteroatoms. The van der Waals surface area contributed by atoms with Crippen molar-refractivity contribution < 1.29 is 18.8 Å².